The third kappa shape index (κ3) is 4.71. The summed E-state index contributed by atoms with van der Waals surface area (Å²) in [5.74, 6) is 0.433. The lowest BCUT2D eigenvalue weighted by Crippen LogP contribution is -2.36. The first-order valence-electron chi connectivity index (χ1n) is 9.41. The third-order valence-corrected chi connectivity index (χ3v) is 5.97. The van der Waals surface area contributed by atoms with Crippen LogP contribution in [-0.4, -0.2) is 51.1 Å². The van der Waals surface area contributed by atoms with Crippen LogP contribution in [0.1, 0.15) is 29.3 Å². The van der Waals surface area contributed by atoms with E-state index in [0.717, 1.165) is 18.5 Å². The summed E-state index contributed by atoms with van der Waals surface area (Å²) in [6.07, 6.45) is 0.773. The Morgan fingerprint density at radius 3 is 2.66 bits per heavy atom. The standard InChI is InChI=1S/C21H27N3O4S/c1-21(6-7-24(2)13-21)20(26)23-16-9-15(10-17(27-3)18(16)28-4)19(25)22-11-14-5-8-29-12-14/h5,8-10,12H,6-7,11,13H2,1-4H3,(H,22,25)(H,23,26). The van der Waals surface area contributed by atoms with Crippen LogP contribution in [0.25, 0.3) is 0 Å². The number of methoxy groups -OCH3 is 2. The Morgan fingerprint density at radius 2 is 2.07 bits per heavy atom. The van der Waals surface area contributed by atoms with Crippen molar-refractivity contribution >= 4 is 28.8 Å². The summed E-state index contributed by atoms with van der Waals surface area (Å²) in [7, 11) is 5.01. The van der Waals surface area contributed by atoms with E-state index < -0.39 is 5.41 Å². The van der Waals surface area contributed by atoms with E-state index >= 15 is 0 Å². The van der Waals surface area contributed by atoms with E-state index in [1.165, 1.54) is 14.2 Å². The van der Waals surface area contributed by atoms with E-state index in [4.69, 9.17) is 9.47 Å². The van der Waals surface area contributed by atoms with Crippen LogP contribution in [0.2, 0.25) is 0 Å². The number of thiophene rings is 1. The number of carbonyl (C=O) groups excluding carboxylic acids is 2. The molecule has 1 aliphatic heterocycles. The highest BCUT2D eigenvalue weighted by Crippen LogP contribution is 2.38. The molecule has 8 heteroatoms. The maximum atomic E-state index is 13.0. The number of ether oxygens (including phenoxy) is 2. The summed E-state index contributed by atoms with van der Waals surface area (Å²) in [6.45, 7) is 3.93. The van der Waals surface area contributed by atoms with Gasteiger partial charge >= 0.3 is 0 Å². The van der Waals surface area contributed by atoms with E-state index in [1.807, 2.05) is 30.8 Å². The molecule has 1 atom stereocenters. The fraction of sp³-hybridized carbons (Fsp3) is 0.429. The normalized spacial score (nSPS) is 19.0. The molecule has 0 radical (unpaired) electrons. The van der Waals surface area contributed by atoms with Gasteiger partial charge in [0.1, 0.15) is 0 Å². The van der Waals surface area contributed by atoms with E-state index in [0.29, 0.717) is 35.8 Å². The van der Waals surface area contributed by atoms with Gasteiger partial charge in [-0.05, 0) is 61.5 Å². The topological polar surface area (TPSA) is 79.9 Å². The van der Waals surface area contributed by atoms with E-state index in [1.54, 1.807) is 23.5 Å². The van der Waals surface area contributed by atoms with Crippen molar-refractivity contribution in [3.8, 4) is 11.5 Å². The van der Waals surface area contributed by atoms with Crippen molar-refractivity contribution in [2.24, 2.45) is 5.41 Å². The van der Waals surface area contributed by atoms with Gasteiger partial charge in [0.15, 0.2) is 11.5 Å². The fourth-order valence-corrected chi connectivity index (χ4v) is 4.18. The van der Waals surface area contributed by atoms with E-state index in [9.17, 15) is 9.59 Å². The molecule has 29 heavy (non-hydrogen) atoms. The van der Waals surface area contributed by atoms with Gasteiger partial charge in [0.2, 0.25) is 5.91 Å². The van der Waals surface area contributed by atoms with Crippen LogP contribution in [0, 0.1) is 5.41 Å². The van der Waals surface area contributed by atoms with Crippen LogP contribution < -0.4 is 20.1 Å². The Hall–Kier alpha value is -2.58. The molecule has 0 bridgehead atoms. The number of hydrogen-bond acceptors (Lipinski definition) is 6. The predicted octanol–water partition coefficient (Wildman–Crippen LogP) is 2.98. The summed E-state index contributed by atoms with van der Waals surface area (Å²) in [6, 6.07) is 5.21. The van der Waals surface area contributed by atoms with Crippen molar-refractivity contribution in [1.29, 1.82) is 0 Å². The van der Waals surface area contributed by atoms with Crippen molar-refractivity contribution in [2.45, 2.75) is 19.9 Å². The molecule has 2 aromatic rings. The number of benzene rings is 1. The van der Waals surface area contributed by atoms with Crippen molar-refractivity contribution in [1.82, 2.24) is 10.2 Å². The van der Waals surface area contributed by atoms with Gasteiger partial charge in [-0.2, -0.15) is 11.3 Å². The van der Waals surface area contributed by atoms with Gasteiger partial charge in [-0.3, -0.25) is 9.59 Å². The largest absolute Gasteiger partial charge is 0.493 e. The molecule has 3 rings (SSSR count). The molecule has 1 aliphatic rings. The van der Waals surface area contributed by atoms with Crippen LogP contribution in [0.4, 0.5) is 5.69 Å². The van der Waals surface area contributed by atoms with Gasteiger partial charge in [-0.25, -0.2) is 0 Å². The predicted molar refractivity (Wildman–Crippen MR) is 114 cm³/mol. The smallest absolute Gasteiger partial charge is 0.251 e. The van der Waals surface area contributed by atoms with Crippen LogP contribution in [0.15, 0.2) is 29.0 Å². The highest BCUT2D eigenvalue weighted by Gasteiger charge is 2.39. The van der Waals surface area contributed by atoms with Gasteiger partial charge in [0, 0.05) is 18.7 Å². The molecular formula is C21H27N3O4S. The summed E-state index contributed by atoms with van der Waals surface area (Å²) >= 11 is 1.58. The molecule has 2 amide bonds. The quantitative estimate of drug-likeness (QED) is 0.724. The Balaban J connectivity index is 1.84. The number of likely N-dealkylation sites (tertiary alicyclic amines) is 1. The van der Waals surface area contributed by atoms with Crippen molar-refractivity contribution < 1.29 is 19.1 Å². The molecule has 1 saturated heterocycles. The minimum Gasteiger partial charge on any atom is -0.493 e. The first kappa shape index (κ1) is 21.1. The summed E-state index contributed by atoms with van der Waals surface area (Å²) in [5, 5.41) is 9.80. The van der Waals surface area contributed by atoms with Crippen molar-refractivity contribution in [3.05, 3.63) is 40.1 Å². The maximum Gasteiger partial charge on any atom is 0.251 e. The molecule has 0 spiro atoms. The average molecular weight is 418 g/mol. The maximum absolute atomic E-state index is 13.0. The molecule has 1 fully saturated rings. The van der Waals surface area contributed by atoms with Crippen LogP contribution >= 0.6 is 11.3 Å². The minimum absolute atomic E-state index is 0.0990. The SMILES string of the molecule is COc1cc(C(=O)NCc2ccsc2)cc(NC(=O)C2(C)CCN(C)C2)c1OC. The zero-order valence-corrected chi connectivity index (χ0v) is 18.0. The molecule has 1 unspecified atom stereocenters. The average Bonchev–Trinajstić information content (AvgIpc) is 3.35. The summed E-state index contributed by atoms with van der Waals surface area (Å²) in [4.78, 5) is 27.8. The number of rotatable bonds is 7. The van der Waals surface area contributed by atoms with Gasteiger partial charge in [0.05, 0.1) is 25.3 Å². The lowest BCUT2D eigenvalue weighted by molar-refractivity contribution is -0.124. The van der Waals surface area contributed by atoms with Gasteiger partial charge < -0.3 is 25.0 Å². The lowest BCUT2D eigenvalue weighted by Gasteiger charge is -2.24. The first-order valence-corrected chi connectivity index (χ1v) is 10.4. The van der Waals surface area contributed by atoms with Crippen LogP contribution in [0.5, 0.6) is 11.5 Å². The van der Waals surface area contributed by atoms with E-state index in [-0.39, 0.29) is 11.8 Å². The number of anilines is 1. The molecule has 0 aliphatic carbocycles. The fourth-order valence-electron chi connectivity index (χ4n) is 3.52. The van der Waals surface area contributed by atoms with Crippen LogP contribution in [0.3, 0.4) is 0 Å². The Morgan fingerprint density at radius 1 is 1.28 bits per heavy atom. The molecule has 0 saturated carbocycles. The third-order valence-electron chi connectivity index (χ3n) is 5.23. The molecular weight excluding hydrogens is 390 g/mol. The number of amides is 2. The Bertz CT molecular complexity index is 884. The molecule has 2 N–H and O–H groups in total. The monoisotopic (exact) mass is 417 g/mol. The number of nitrogens with one attached hydrogen (secondary N) is 2. The number of hydrogen-bond donors (Lipinski definition) is 2. The van der Waals surface area contributed by atoms with Crippen molar-refractivity contribution in [2.75, 3.05) is 39.7 Å². The zero-order chi connectivity index (χ0) is 21.0. The van der Waals surface area contributed by atoms with Crippen molar-refractivity contribution in [3.63, 3.8) is 0 Å². The van der Waals surface area contributed by atoms with Crippen LogP contribution in [-0.2, 0) is 11.3 Å². The van der Waals surface area contributed by atoms with Gasteiger partial charge in [-0.1, -0.05) is 0 Å². The molecule has 1 aromatic carbocycles. The number of nitrogens with zero attached hydrogens (tertiary/aromatic N) is 1. The molecule has 156 valence electrons. The number of carbonyl (C=O) groups is 2. The highest BCUT2D eigenvalue weighted by molar-refractivity contribution is 7.07. The van der Waals surface area contributed by atoms with Gasteiger partial charge in [0.25, 0.3) is 5.91 Å². The van der Waals surface area contributed by atoms with Gasteiger partial charge in [-0.15, -0.1) is 0 Å². The second-order valence-electron chi connectivity index (χ2n) is 7.58. The summed E-state index contributed by atoms with van der Waals surface area (Å²) in [5.41, 5.74) is 1.36. The van der Waals surface area contributed by atoms with E-state index in [2.05, 4.69) is 15.5 Å². The molecule has 1 aromatic heterocycles. The highest BCUT2D eigenvalue weighted by atomic mass is 32.1. The minimum atomic E-state index is -0.496. The molecule has 2 heterocycles. The second kappa shape index (κ2) is 8.84. The molecule has 7 nitrogen and oxygen atoms in total. The zero-order valence-electron chi connectivity index (χ0n) is 17.2. The lowest BCUT2D eigenvalue weighted by atomic mass is 9.88. The first-order chi connectivity index (χ1) is 13.9. The summed E-state index contributed by atoms with van der Waals surface area (Å²) < 4.78 is 10.9. The Labute approximate surface area is 175 Å². The Kier molecular flexibility index (Phi) is 6.44. The second-order valence-corrected chi connectivity index (χ2v) is 8.36.